The molecule has 24 heavy (non-hydrogen) atoms. The van der Waals surface area contributed by atoms with Crippen molar-refractivity contribution in [2.75, 3.05) is 6.54 Å². The number of benzene rings is 1. The third-order valence-corrected chi connectivity index (χ3v) is 5.09. The predicted molar refractivity (Wildman–Crippen MR) is 95.7 cm³/mol. The molecule has 1 aliphatic carbocycles. The van der Waals surface area contributed by atoms with Crippen molar-refractivity contribution in [3.05, 3.63) is 35.8 Å². The molecule has 1 aliphatic rings. The average molecular weight is 330 g/mol. The highest BCUT2D eigenvalue weighted by Crippen LogP contribution is 2.26. The highest BCUT2D eigenvalue weighted by atomic mass is 19.1. The van der Waals surface area contributed by atoms with Crippen molar-refractivity contribution in [1.29, 1.82) is 0 Å². The Bertz CT molecular complexity index is 699. The molecule has 1 aromatic heterocycles. The van der Waals surface area contributed by atoms with Gasteiger partial charge in [0.1, 0.15) is 5.82 Å². The summed E-state index contributed by atoms with van der Waals surface area (Å²) in [5.41, 5.74) is 1.27. The largest absolute Gasteiger partial charge is 0.352 e. The minimum atomic E-state index is -0.318. The van der Waals surface area contributed by atoms with E-state index in [1.54, 1.807) is 12.3 Å². The van der Waals surface area contributed by atoms with Crippen LogP contribution in [0.15, 0.2) is 24.4 Å². The number of carbonyl (C=O) groups is 1. The van der Waals surface area contributed by atoms with Crippen molar-refractivity contribution >= 4 is 16.8 Å². The first-order chi connectivity index (χ1) is 11.7. The van der Waals surface area contributed by atoms with Crippen LogP contribution in [0.4, 0.5) is 4.39 Å². The normalized spacial score (nSPS) is 16.2. The van der Waals surface area contributed by atoms with Gasteiger partial charge in [-0.3, -0.25) is 4.79 Å². The number of aryl methyl sites for hydroxylation is 1. The molecule has 0 bridgehead atoms. The second-order valence-corrected chi connectivity index (χ2v) is 6.94. The number of hydrogen-bond donors (Lipinski definition) is 1. The van der Waals surface area contributed by atoms with Gasteiger partial charge in [-0.2, -0.15) is 0 Å². The summed E-state index contributed by atoms with van der Waals surface area (Å²) in [5, 5.41) is 3.50. The van der Waals surface area contributed by atoms with Gasteiger partial charge in [0.05, 0.1) is 11.1 Å². The molecular weight excluding hydrogens is 303 g/mol. The summed E-state index contributed by atoms with van der Waals surface area (Å²) in [6.45, 7) is 3.57. The zero-order chi connectivity index (χ0) is 16.9. The number of halogens is 1. The summed E-state index contributed by atoms with van der Waals surface area (Å²) in [6, 6.07) is 5.02. The standard InChI is InChI=1S/C20H27FN2O/c1-2-12-23-14-16(19-17(21)10-7-11-18(19)23)20(24)22-13-15-8-5-3-4-6-9-15/h7,10-11,14-15H,2-6,8-9,12-13H2,1H3,(H,22,24). The molecule has 1 N–H and O–H groups in total. The summed E-state index contributed by atoms with van der Waals surface area (Å²) >= 11 is 0. The van der Waals surface area contributed by atoms with Crippen molar-refractivity contribution in [1.82, 2.24) is 9.88 Å². The van der Waals surface area contributed by atoms with E-state index in [1.165, 1.54) is 44.6 Å². The Hall–Kier alpha value is -1.84. The zero-order valence-electron chi connectivity index (χ0n) is 14.5. The molecule has 3 rings (SSSR count). The van der Waals surface area contributed by atoms with Gasteiger partial charge in [0.2, 0.25) is 0 Å². The van der Waals surface area contributed by atoms with Crippen LogP contribution in [0.25, 0.3) is 10.9 Å². The Labute approximate surface area is 143 Å². The molecule has 1 aromatic carbocycles. The minimum absolute atomic E-state index is 0.149. The van der Waals surface area contributed by atoms with Gasteiger partial charge < -0.3 is 9.88 Å². The SMILES string of the molecule is CCCn1cc(C(=O)NCC2CCCCCC2)c2c(F)cccc21. The monoisotopic (exact) mass is 330 g/mol. The van der Waals surface area contributed by atoms with Crippen molar-refractivity contribution in [3.8, 4) is 0 Å². The van der Waals surface area contributed by atoms with Crippen LogP contribution in [-0.4, -0.2) is 17.0 Å². The number of carbonyl (C=O) groups excluding carboxylic acids is 1. The summed E-state index contributed by atoms with van der Waals surface area (Å²) in [6.07, 6.45) is 10.2. The van der Waals surface area contributed by atoms with Crippen molar-refractivity contribution in [2.24, 2.45) is 5.92 Å². The first-order valence-corrected chi connectivity index (χ1v) is 9.26. The second-order valence-electron chi connectivity index (χ2n) is 6.94. The molecule has 3 nitrogen and oxygen atoms in total. The molecule has 1 heterocycles. The number of nitrogens with one attached hydrogen (secondary N) is 1. The van der Waals surface area contributed by atoms with Crippen LogP contribution in [0.2, 0.25) is 0 Å². The Morgan fingerprint density at radius 1 is 1.25 bits per heavy atom. The fraction of sp³-hybridized carbons (Fsp3) is 0.550. The zero-order valence-corrected chi connectivity index (χ0v) is 14.5. The maximum absolute atomic E-state index is 14.3. The molecule has 130 valence electrons. The van der Waals surface area contributed by atoms with E-state index < -0.39 is 0 Å². The van der Waals surface area contributed by atoms with Gasteiger partial charge in [0.25, 0.3) is 5.91 Å². The third-order valence-electron chi connectivity index (χ3n) is 5.09. The van der Waals surface area contributed by atoms with E-state index >= 15 is 0 Å². The molecule has 0 spiro atoms. The first kappa shape index (κ1) is 17.0. The van der Waals surface area contributed by atoms with E-state index in [0.29, 0.717) is 23.4 Å². The van der Waals surface area contributed by atoms with E-state index in [0.717, 1.165) is 18.5 Å². The number of aromatic nitrogens is 1. The van der Waals surface area contributed by atoms with Crippen LogP contribution in [0.5, 0.6) is 0 Å². The van der Waals surface area contributed by atoms with Crippen LogP contribution >= 0.6 is 0 Å². The van der Waals surface area contributed by atoms with E-state index in [1.807, 2.05) is 10.6 Å². The van der Waals surface area contributed by atoms with Gasteiger partial charge >= 0.3 is 0 Å². The molecule has 0 aliphatic heterocycles. The molecule has 2 aromatic rings. The molecule has 4 heteroatoms. The van der Waals surface area contributed by atoms with Gasteiger partial charge in [-0.1, -0.05) is 38.7 Å². The number of rotatable bonds is 5. The summed E-state index contributed by atoms with van der Waals surface area (Å²) in [5.74, 6) is 0.0939. The maximum atomic E-state index is 14.3. The lowest BCUT2D eigenvalue weighted by Crippen LogP contribution is -2.29. The smallest absolute Gasteiger partial charge is 0.253 e. The van der Waals surface area contributed by atoms with Crippen molar-refractivity contribution < 1.29 is 9.18 Å². The van der Waals surface area contributed by atoms with E-state index in [-0.39, 0.29) is 11.7 Å². The van der Waals surface area contributed by atoms with E-state index in [9.17, 15) is 9.18 Å². The fourth-order valence-corrected chi connectivity index (χ4v) is 3.81. The molecule has 1 fully saturated rings. The highest BCUT2D eigenvalue weighted by molar-refractivity contribution is 6.07. The molecule has 0 radical (unpaired) electrons. The predicted octanol–water partition coefficient (Wildman–Crippen LogP) is 4.89. The third kappa shape index (κ3) is 3.63. The fourth-order valence-electron chi connectivity index (χ4n) is 3.81. The second kappa shape index (κ2) is 7.82. The molecule has 0 unspecified atom stereocenters. The van der Waals surface area contributed by atoms with Crippen molar-refractivity contribution in [3.63, 3.8) is 0 Å². The highest BCUT2D eigenvalue weighted by Gasteiger charge is 2.19. The van der Waals surface area contributed by atoms with Crippen molar-refractivity contribution in [2.45, 2.75) is 58.4 Å². The minimum Gasteiger partial charge on any atom is -0.352 e. The molecular formula is C20H27FN2O. The Morgan fingerprint density at radius 3 is 2.71 bits per heavy atom. The lowest BCUT2D eigenvalue weighted by atomic mass is 10.0. The van der Waals surface area contributed by atoms with Crippen LogP contribution in [0, 0.1) is 11.7 Å². The topological polar surface area (TPSA) is 34.0 Å². The van der Waals surface area contributed by atoms with E-state index in [2.05, 4.69) is 12.2 Å². The van der Waals surface area contributed by atoms with Crippen LogP contribution < -0.4 is 5.32 Å². The first-order valence-electron chi connectivity index (χ1n) is 9.26. The van der Waals surface area contributed by atoms with Crippen LogP contribution in [0.3, 0.4) is 0 Å². The molecule has 1 saturated carbocycles. The Morgan fingerprint density at radius 2 is 2.00 bits per heavy atom. The van der Waals surface area contributed by atoms with Gasteiger partial charge in [0.15, 0.2) is 0 Å². The Balaban J connectivity index is 1.78. The van der Waals surface area contributed by atoms with E-state index in [4.69, 9.17) is 0 Å². The lowest BCUT2D eigenvalue weighted by molar-refractivity contribution is 0.0947. The summed E-state index contributed by atoms with van der Waals surface area (Å²) in [7, 11) is 0. The molecule has 0 atom stereocenters. The Kier molecular flexibility index (Phi) is 5.54. The van der Waals surface area contributed by atoms with Crippen LogP contribution in [-0.2, 0) is 6.54 Å². The number of amides is 1. The number of fused-ring (bicyclic) bond motifs is 1. The maximum Gasteiger partial charge on any atom is 0.253 e. The quantitative estimate of drug-likeness (QED) is 0.778. The van der Waals surface area contributed by atoms with Gasteiger partial charge in [-0.05, 0) is 37.3 Å². The van der Waals surface area contributed by atoms with Gasteiger partial charge in [0, 0.05) is 24.7 Å². The lowest BCUT2D eigenvalue weighted by Gasteiger charge is -2.14. The number of hydrogen-bond acceptors (Lipinski definition) is 1. The summed E-state index contributed by atoms with van der Waals surface area (Å²) < 4.78 is 16.3. The summed E-state index contributed by atoms with van der Waals surface area (Å²) in [4.78, 5) is 12.7. The average Bonchev–Trinajstić information content (AvgIpc) is 2.77. The number of nitrogens with zero attached hydrogens (tertiary/aromatic N) is 1. The van der Waals surface area contributed by atoms with Gasteiger partial charge in [-0.15, -0.1) is 0 Å². The molecule has 1 amide bonds. The van der Waals surface area contributed by atoms with Gasteiger partial charge in [-0.25, -0.2) is 4.39 Å². The van der Waals surface area contributed by atoms with Crippen LogP contribution in [0.1, 0.15) is 62.2 Å². The molecule has 0 saturated heterocycles.